The second kappa shape index (κ2) is 4.95. The fourth-order valence-corrected chi connectivity index (χ4v) is 1.92. The Bertz CT molecular complexity index is 349. The molecule has 0 spiro atoms. The van der Waals surface area contributed by atoms with Crippen LogP contribution in [0, 0.1) is 0 Å². The van der Waals surface area contributed by atoms with Crippen molar-refractivity contribution in [1.82, 2.24) is 4.90 Å². The van der Waals surface area contributed by atoms with Crippen molar-refractivity contribution in [3.63, 3.8) is 0 Å². The second-order valence-corrected chi connectivity index (χ2v) is 5.34. The number of carbonyl (C=O) groups excluding carboxylic acids is 1. The van der Waals surface area contributed by atoms with Gasteiger partial charge in [-0.25, -0.2) is 0 Å². The van der Waals surface area contributed by atoms with E-state index >= 15 is 0 Å². The Hall–Kier alpha value is -0.910. The number of nitrogens with zero attached hydrogens (tertiary/aromatic N) is 1. The molecular formula is C11H18N2O2S. The lowest BCUT2D eigenvalue weighted by atomic mass is 10.0. The highest BCUT2D eigenvalue weighted by molar-refractivity contribution is 7.10. The first-order chi connectivity index (χ1) is 7.40. The van der Waals surface area contributed by atoms with Crippen molar-refractivity contribution in [3.05, 3.63) is 22.4 Å². The molecule has 0 aliphatic carbocycles. The lowest BCUT2D eigenvalue weighted by molar-refractivity contribution is -0.137. The highest BCUT2D eigenvalue weighted by atomic mass is 32.1. The molecule has 0 saturated carbocycles. The van der Waals surface area contributed by atoms with Crippen molar-refractivity contribution in [2.75, 3.05) is 13.7 Å². The van der Waals surface area contributed by atoms with Crippen LogP contribution in [0.25, 0.3) is 0 Å². The molecule has 1 aromatic heterocycles. The molecule has 1 aromatic rings. The van der Waals surface area contributed by atoms with Crippen molar-refractivity contribution < 1.29 is 9.90 Å². The van der Waals surface area contributed by atoms with Crippen LogP contribution in [0.15, 0.2) is 17.5 Å². The number of rotatable bonds is 4. The first kappa shape index (κ1) is 13.2. The molecular weight excluding hydrogens is 224 g/mol. The third-order valence-electron chi connectivity index (χ3n) is 2.74. The van der Waals surface area contributed by atoms with Gasteiger partial charge in [0.2, 0.25) is 5.91 Å². The summed E-state index contributed by atoms with van der Waals surface area (Å²) in [4.78, 5) is 14.4. The molecule has 1 amide bonds. The van der Waals surface area contributed by atoms with Crippen LogP contribution in [0.1, 0.15) is 24.8 Å². The molecule has 0 radical (unpaired) electrons. The number of hydrogen-bond acceptors (Lipinski definition) is 4. The first-order valence-electron chi connectivity index (χ1n) is 5.07. The maximum Gasteiger partial charge on any atom is 0.245 e. The molecule has 0 aromatic carbocycles. The number of aliphatic hydroxyl groups excluding tert-OH is 1. The smallest absolute Gasteiger partial charge is 0.245 e. The van der Waals surface area contributed by atoms with Gasteiger partial charge in [0.15, 0.2) is 0 Å². The summed E-state index contributed by atoms with van der Waals surface area (Å²) in [6, 6.07) is 3.06. The van der Waals surface area contributed by atoms with Gasteiger partial charge in [0.25, 0.3) is 0 Å². The van der Waals surface area contributed by atoms with E-state index in [4.69, 9.17) is 5.73 Å². The van der Waals surface area contributed by atoms with Gasteiger partial charge in [-0.05, 0) is 25.3 Å². The first-order valence-corrected chi connectivity index (χ1v) is 5.95. The van der Waals surface area contributed by atoms with E-state index < -0.39 is 11.6 Å². The molecule has 90 valence electrons. The predicted molar refractivity (Wildman–Crippen MR) is 65.2 cm³/mol. The topological polar surface area (TPSA) is 66.6 Å². The summed E-state index contributed by atoms with van der Waals surface area (Å²) < 4.78 is 0. The van der Waals surface area contributed by atoms with Gasteiger partial charge in [0, 0.05) is 11.9 Å². The average molecular weight is 242 g/mol. The second-order valence-electron chi connectivity index (χ2n) is 4.36. The molecule has 0 bridgehead atoms. The summed E-state index contributed by atoms with van der Waals surface area (Å²) in [7, 11) is 1.66. The van der Waals surface area contributed by atoms with Crippen molar-refractivity contribution in [2.24, 2.45) is 5.73 Å². The molecule has 16 heavy (non-hydrogen) atoms. The summed E-state index contributed by atoms with van der Waals surface area (Å²) in [6.07, 6.45) is 0. The Morgan fingerprint density at radius 1 is 1.69 bits per heavy atom. The molecule has 1 unspecified atom stereocenters. The van der Waals surface area contributed by atoms with E-state index in [1.165, 1.54) is 16.2 Å². The van der Waals surface area contributed by atoms with Crippen LogP contribution in [-0.4, -0.2) is 35.1 Å². The summed E-state index contributed by atoms with van der Waals surface area (Å²) in [5.74, 6) is -0.179. The molecule has 1 atom stereocenters. The third kappa shape index (κ3) is 2.61. The zero-order valence-electron chi connectivity index (χ0n) is 9.80. The summed E-state index contributed by atoms with van der Waals surface area (Å²) >= 11 is 1.46. The molecule has 0 aliphatic heterocycles. The van der Waals surface area contributed by atoms with Crippen LogP contribution in [0.4, 0.5) is 0 Å². The molecule has 3 N–H and O–H groups in total. The van der Waals surface area contributed by atoms with Gasteiger partial charge in [-0.15, -0.1) is 11.3 Å². The number of nitrogens with two attached hydrogens (primary N) is 1. The van der Waals surface area contributed by atoms with Crippen molar-refractivity contribution in [1.29, 1.82) is 0 Å². The summed E-state index contributed by atoms with van der Waals surface area (Å²) in [6.45, 7) is 3.50. The molecule has 4 nitrogen and oxygen atoms in total. The normalized spacial score (nSPS) is 13.6. The minimum atomic E-state index is -0.643. The minimum Gasteiger partial charge on any atom is -0.394 e. The fraction of sp³-hybridized carbons (Fsp3) is 0.545. The summed E-state index contributed by atoms with van der Waals surface area (Å²) in [5, 5.41) is 11.1. The Balaban J connectivity index is 2.79. The van der Waals surface area contributed by atoms with Crippen LogP contribution in [-0.2, 0) is 4.79 Å². The monoisotopic (exact) mass is 242 g/mol. The van der Waals surface area contributed by atoms with Gasteiger partial charge >= 0.3 is 0 Å². The van der Waals surface area contributed by atoms with E-state index in [0.29, 0.717) is 0 Å². The molecule has 0 saturated heterocycles. The largest absolute Gasteiger partial charge is 0.394 e. The number of thiophene rings is 1. The molecule has 1 heterocycles. The number of aliphatic hydroxyl groups is 1. The predicted octanol–water partition coefficient (Wildman–Crippen LogP) is 0.977. The van der Waals surface area contributed by atoms with Gasteiger partial charge in [0.05, 0.1) is 12.1 Å². The van der Waals surface area contributed by atoms with Gasteiger partial charge in [-0.1, -0.05) is 6.07 Å². The molecule has 5 heteroatoms. The highest BCUT2D eigenvalue weighted by Gasteiger charge is 2.30. The Labute approximate surface area is 99.7 Å². The number of likely N-dealkylation sites (N-methyl/N-ethyl adjacent to an activating group) is 1. The number of amides is 1. The van der Waals surface area contributed by atoms with Crippen LogP contribution in [0.5, 0.6) is 0 Å². The Kier molecular flexibility index (Phi) is 4.07. The van der Waals surface area contributed by atoms with Gasteiger partial charge in [-0.3, -0.25) is 4.79 Å². The molecule has 1 rings (SSSR count). The SMILES string of the molecule is CN(C(=O)C(N)c1cccs1)C(C)(C)CO. The van der Waals surface area contributed by atoms with Crippen LogP contribution in [0.3, 0.4) is 0 Å². The third-order valence-corrected chi connectivity index (χ3v) is 3.70. The van der Waals surface area contributed by atoms with Crippen LogP contribution in [0.2, 0.25) is 0 Å². The van der Waals surface area contributed by atoms with Crippen LogP contribution < -0.4 is 5.73 Å². The zero-order chi connectivity index (χ0) is 12.3. The highest BCUT2D eigenvalue weighted by Crippen LogP contribution is 2.21. The quantitative estimate of drug-likeness (QED) is 0.827. The van der Waals surface area contributed by atoms with Gasteiger partial charge in [0.1, 0.15) is 6.04 Å². The average Bonchev–Trinajstić information content (AvgIpc) is 2.79. The minimum absolute atomic E-state index is 0.0909. The zero-order valence-corrected chi connectivity index (χ0v) is 10.6. The van der Waals surface area contributed by atoms with Gasteiger partial charge in [-0.2, -0.15) is 0 Å². The number of hydrogen-bond donors (Lipinski definition) is 2. The van der Waals surface area contributed by atoms with E-state index in [1.807, 2.05) is 17.5 Å². The fourth-order valence-electron chi connectivity index (χ4n) is 1.20. The Morgan fingerprint density at radius 3 is 2.75 bits per heavy atom. The molecule has 0 fully saturated rings. The van der Waals surface area contributed by atoms with Crippen LogP contribution >= 0.6 is 11.3 Å². The summed E-state index contributed by atoms with van der Waals surface area (Å²) in [5.41, 5.74) is 5.28. The number of carbonyl (C=O) groups is 1. The molecule has 0 aliphatic rings. The van der Waals surface area contributed by atoms with E-state index in [0.717, 1.165) is 4.88 Å². The maximum absolute atomic E-state index is 12.0. The Morgan fingerprint density at radius 2 is 2.31 bits per heavy atom. The standard InChI is InChI=1S/C11H18N2O2S/c1-11(2,7-14)13(3)10(15)9(12)8-5-4-6-16-8/h4-6,9,14H,7,12H2,1-3H3. The van der Waals surface area contributed by atoms with E-state index in [9.17, 15) is 9.90 Å². The van der Waals surface area contributed by atoms with Crippen molar-refractivity contribution in [3.8, 4) is 0 Å². The maximum atomic E-state index is 12.0. The van der Waals surface area contributed by atoms with Gasteiger partial charge < -0.3 is 15.7 Å². The van der Waals surface area contributed by atoms with E-state index in [-0.39, 0.29) is 12.5 Å². The lowest BCUT2D eigenvalue weighted by Crippen LogP contribution is -2.50. The van der Waals surface area contributed by atoms with Crippen molar-refractivity contribution >= 4 is 17.2 Å². The van der Waals surface area contributed by atoms with E-state index in [2.05, 4.69) is 0 Å². The van der Waals surface area contributed by atoms with Crippen molar-refractivity contribution in [2.45, 2.75) is 25.4 Å². The lowest BCUT2D eigenvalue weighted by Gasteiger charge is -2.35. The van der Waals surface area contributed by atoms with E-state index in [1.54, 1.807) is 20.9 Å².